The van der Waals surface area contributed by atoms with Gasteiger partial charge in [0.15, 0.2) is 5.43 Å². The minimum Gasteiger partial charge on any atom is -0.494 e. The predicted octanol–water partition coefficient (Wildman–Crippen LogP) is 6.38. The van der Waals surface area contributed by atoms with Crippen LogP contribution < -0.4 is 10.2 Å². The first-order chi connectivity index (χ1) is 17.1. The summed E-state index contributed by atoms with van der Waals surface area (Å²) in [6, 6.07) is 25.1. The smallest absolute Gasteiger partial charge is 0.303 e. The van der Waals surface area contributed by atoms with Gasteiger partial charge in [0.25, 0.3) is 0 Å². The van der Waals surface area contributed by atoms with Crippen molar-refractivity contribution in [2.24, 2.45) is 0 Å². The standard InChI is InChI=1S/C30H28O5/c31-28-21-26(18-19-29(32)33)35-30-24(10-6-11-27(28)30)15-12-23-13-16-25(17-14-23)34-20-5-4-9-22-7-2-1-3-8-22/h1-3,6-8,10-17,21H,4-5,9,18-20H2,(H,32,33)/b15-12+. The van der Waals surface area contributed by atoms with Gasteiger partial charge in [0.05, 0.1) is 18.4 Å². The summed E-state index contributed by atoms with van der Waals surface area (Å²) in [5.74, 6) is 0.276. The third-order valence-electron chi connectivity index (χ3n) is 5.73. The molecule has 1 heterocycles. The molecule has 0 saturated carbocycles. The van der Waals surface area contributed by atoms with E-state index in [4.69, 9.17) is 14.3 Å². The van der Waals surface area contributed by atoms with Crippen LogP contribution in [-0.4, -0.2) is 17.7 Å². The molecule has 0 atom stereocenters. The van der Waals surface area contributed by atoms with Crippen LogP contribution in [0.5, 0.6) is 5.75 Å². The molecule has 0 spiro atoms. The summed E-state index contributed by atoms with van der Waals surface area (Å²) in [6.07, 6.45) is 7.07. The van der Waals surface area contributed by atoms with Crippen molar-refractivity contribution in [2.75, 3.05) is 6.61 Å². The Morgan fingerprint density at radius 3 is 2.46 bits per heavy atom. The quantitative estimate of drug-likeness (QED) is 0.204. The molecular weight excluding hydrogens is 440 g/mol. The minimum absolute atomic E-state index is 0.0894. The first-order valence-corrected chi connectivity index (χ1v) is 11.8. The highest BCUT2D eigenvalue weighted by molar-refractivity contribution is 5.88. The van der Waals surface area contributed by atoms with Gasteiger partial charge in [-0.05, 0) is 48.6 Å². The average molecular weight is 469 g/mol. The van der Waals surface area contributed by atoms with Crippen LogP contribution in [0.25, 0.3) is 23.1 Å². The van der Waals surface area contributed by atoms with E-state index in [9.17, 15) is 9.59 Å². The maximum Gasteiger partial charge on any atom is 0.303 e. The van der Waals surface area contributed by atoms with Gasteiger partial charge in [-0.3, -0.25) is 9.59 Å². The van der Waals surface area contributed by atoms with Crippen LogP contribution in [0, 0.1) is 0 Å². The summed E-state index contributed by atoms with van der Waals surface area (Å²) in [5.41, 5.74) is 3.39. The average Bonchev–Trinajstić information content (AvgIpc) is 2.87. The number of para-hydroxylation sites is 1. The molecule has 35 heavy (non-hydrogen) atoms. The molecule has 3 aromatic carbocycles. The molecule has 5 nitrogen and oxygen atoms in total. The van der Waals surface area contributed by atoms with Crippen molar-refractivity contribution >= 4 is 29.1 Å². The molecule has 0 saturated heterocycles. The van der Waals surface area contributed by atoms with Gasteiger partial charge in [0.2, 0.25) is 0 Å². The van der Waals surface area contributed by atoms with Crippen LogP contribution in [0.1, 0.15) is 41.7 Å². The van der Waals surface area contributed by atoms with E-state index in [2.05, 4.69) is 24.3 Å². The molecule has 0 aliphatic rings. The van der Waals surface area contributed by atoms with Gasteiger partial charge in [-0.25, -0.2) is 0 Å². The number of hydrogen-bond donors (Lipinski definition) is 1. The molecule has 0 radical (unpaired) electrons. The van der Waals surface area contributed by atoms with Crippen LogP contribution >= 0.6 is 0 Å². The van der Waals surface area contributed by atoms with Crippen LogP contribution in [0.3, 0.4) is 0 Å². The number of fused-ring (bicyclic) bond motifs is 1. The number of aliphatic carboxylic acids is 1. The number of carboxylic acid groups (broad SMARTS) is 1. The Morgan fingerprint density at radius 2 is 1.69 bits per heavy atom. The lowest BCUT2D eigenvalue weighted by Gasteiger charge is -2.07. The maximum absolute atomic E-state index is 12.5. The Hall–Kier alpha value is -4.12. The van der Waals surface area contributed by atoms with E-state index in [1.54, 1.807) is 6.07 Å². The Bertz CT molecular complexity index is 1350. The predicted molar refractivity (Wildman–Crippen MR) is 139 cm³/mol. The number of carboxylic acids is 1. The zero-order valence-corrected chi connectivity index (χ0v) is 19.5. The fourth-order valence-electron chi connectivity index (χ4n) is 3.86. The lowest BCUT2D eigenvalue weighted by atomic mass is 10.1. The minimum atomic E-state index is -0.930. The maximum atomic E-state index is 12.5. The van der Waals surface area contributed by atoms with Crippen molar-refractivity contribution in [3.8, 4) is 5.75 Å². The monoisotopic (exact) mass is 468 g/mol. The van der Waals surface area contributed by atoms with Crippen LogP contribution in [-0.2, 0) is 17.6 Å². The van der Waals surface area contributed by atoms with Crippen molar-refractivity contribution in [3.05, 3.63) is 112 Å². The number of ether oxygens (including phenoxy) is 1. The normalized spacial score (nSPS) is 11.2. The first-order valence-electron chi connectivity index (χ1n) is 11.8. The molecule has 0 bridgehead atoms. The number of carbonyl (C=O) groups is 1. The van der Waals surface area contributed by atoms with E-state index in [0.717, 1.165) is 36.1 Å². The van der Waals surface area contributed by atoms with E-state index < -0.39 is 5.97 Å². The lowest BCUT2D eigenvalue weighted by Crippen LogP contribution is -2.05. The molecule has 4 rings (SSSR count). The zero-order valence-electron chi connectivity index (χ0n) is 19.5. The Balaban J connectivity index is 1.36. The summed E-state index contributed by atoms with van der Waals surface area (Å²) >= 11 is 0. The van der Waals surface area contributed by atoms with E-state index in [-0.39, 0.29) is 18.3 Å². The van der Waals surface area contributed by atoms with Gasteiger partial charge in [-0.1, -0.05) is 66.7 Å². The van der Waals surface area contributed by atoms with Gasteiger partial charge in [-0.2, -0.15) is 0 Å². The number of unbranched alkanes of at least 4 members (excludes halogenated alkanes) is 1. The summed E-state index contributed by atoms with van der Waals surface area (Å²) < 4.78 is 11.8. The Labute approximate surface area is 204 Å². The first kappa shape index (κ1) is 24.0. The second-order valence-electron chi connectivity index (χ2n) is 8.39. The zero-order chi connectivity index (χ0) is 24.5. The second-order valence-corrected chi connectivity index (χ2v) is 8.39. The van der Waals surface area contributed by atoms with Gasteiger partial charge in [-0.15, -0.1) is 0 Å². The molecule has 178 valence electrons. The second kappa shape index (κ2) is 11.8. The van der Waals surface area contributed by atoms with Crippen LogP contribution in [0.2, 0.25) is 0 Å². The van der Waals surface area contributed by atoms with Gasteiger partial charge >= 0.3 is 5.97 Å². The fraction of sp³-hybridized carbons (Fsp3) is 0.200. The van der Waals surface area contributed by atoms with E-state index in [1.807, 2.05) is 54.6 Å². The largest absolute Gasteiger partial charge is 0.494 e. The van der Waals surface area contributed by atoms with E-state index >= 15 is 0 Å². The van der Waals surface area contributed by atoms with Crippen molar-refractivity contribution in [2.45, 2.75) is 32.1 Å². The lowest BCUT2D eigenvalue weighted by molar-refractivity contribution is -0.137. The highest BCUT2D eigenvalue weighted by Crippen LogP contribution is 2.21. The molecular formula is C30H28O5. The molecule has 0 aliphatic carbocycles. The Morgan fingerprint density at radius 1 is 0.886 bits per heavy atom. The van der Waals surface area contributed by atoms with Gasteiger partial charge in [0.1, 0.15) is 17.1 Å². The molecule has 0 fully saturated rings. The topological polar surface area (TPSA) is 76.7 Å². The molecule has 5 heteroatoms. The molecule has 0 unspecified atom stereocenters. The highest BCUT2D eigenvalue weighted by atomic mass is 16.5. The highest BCUT2D eigenvalue weighted by Gasteiger charge is 2.09. The van der Waals surface area contributed by atoms with Crippen molar-refractivity contribution in [3.63, 3.8) is 0 Å². The Kier molecular flexibility index (Phi) is 8.12. The number of benzene rings is 3. The molecule has 4 aromatic rings. The van der Waals surface area contributed by atoms with E-state index in [1.165, 1.54) is 11.6 Å². The third kappa shape index (κ3) is 6.93. The van der Waals surface area contributed by atoms with Gasteiger partial charge < -0.3 is 14.3 Å². The molecule has 0 aliphatic heterocycles. The van der Waals surface area contributed by atoms with E-state index in [0.29, 0.717) is 23.3 Å². The summed E-state index contributed by atoms with van der Waals surface area (Å²) in [6.45, 7) is 0.682. The summed E-state index contributed by atoms with van der Waals surface area (Å²) in [5, 5.41) is 9.39. The third-order valence-corrected chi connectivity index (χ3v) is 5.73. The SMILES string of the molecule is O=C(O)CCc1cc(=O)c2cccc(/C=C/c3ccc(OCCCCc4ccccc4)cc3)c2o1. The summed E-state index contributed by atoms with van der Waals surface area (Å²) in [7, 11) is 0. The van der Waals surface area contributed by atoms with Crippen molar-refractivity contribution in [1.29, 1.82) is 0 Å². The fourth-order valence-corrected chi connectivity index (χ4v) is 3.86. The molecule has 0 amide bonds. The van der Waals surface area contributed by atoms with Crippen LogP contribution in [0.15, 0.2) is 88.1 Å². The van der Waals surface area contributed by atoms with Crippen LogP contribution in [0.4, 0.5) is 0 Å². The number of aryl methyl sites for hydroxylation is 2. The van der Waals surface area contributed by atoms with Crippen molar-refractivity contribution in [1.82, 2.24) is 0 Å². The number of hydrogen-bond acceptors (Lipinski definition) is 4. The van der Waals surface area contributed by atoms with Crippen molar-refractivity contribution < 1.29 is 19.1 Å². The molecule has 1 aromatic heterocycles. The molecule has 1 N–H and O–H groups in total. The number of rotatable bonds is 11. The summed E-state index contributed by atoms with van der Waals surface area (Å²) in [4.78, 5) is 23.3. The van der Waals surface area contributed by atoms with Gasteiger partial charge in [0, 0.05) is 18.1 Å².